The molecule has 0 aliphatic heterocycles. The molecule has 0 spiro atoms. The molecule has 0 saturated carbocycles. The second kappa shape index (κ2) is 5.31. The molecule has 0 saturated heterocycles. The van der Waals surface area contributed by atoms with Crippen LogP contribution in [0.3, 0.4) is 0 Å². The first-order valence-corrected chi connectivity index (χ1v) is 5.54. The fourth-order valence-electron chi connectivity index (χ4n) is 1.57. The Kier molecular flexibility index (Phi) is 3.54. The molecule has 0 atom stereocenters. The van der Waals surface area contributed by atoms with Crippen molar-refractivity contribution in [3.8, 4) is 0 Å². The number of hydrogen-bond donors (Lipinski definition) is 1. The van der Waals surface area contributed by atoms with Crippen LogP contribution in [0.5, 0.6) is 0 Å². The minimum Gasteiger partial charge on any atom is -0.385 e. The van der Waals surface area contributed by atoms with E-state index in [1.807, 2.05) is 12.4 Å². The normalized spacial score (nSPS) is 10.1. The summed E-state index contributed by atoms with van der Waals surface area (Å²) in [6.07, 6.45) is 4.69. The molecule has 2 heteroatoms. The minimum atomic E-state index is 0.951. The van der Waals surface area contributed by atoms with Crippen LogP contribution in [0, 0.1) is 6.92 Å². The molecule has 1 heterocycles. The number of nitrogens with one attached hydrogen (secondary N) is 1. The van der Waals surface area contributed by atoms with Crippen LogP contribution < -0.4 is 5.32 Å². The molecule has 0 radical (unpaired) electrons. The van der Waals surface area contributed by atoms with E-state index in [1.54, 1.807) is 0 Å². The van der Waals surface area contributed by atoms with Gasteiger partial charge in [-0.1, -0.05) is 17.7 Å². The van der Waals surface area contributed by atoms with Gasteiger partial charge in [0.05, 0.1) is 0 Å². The maximum atomic E-state index is 4.00. The highest BCUT2D eigenvalue weighted by Crippen LogP contribution is 2.08. The number of nitrogens with zero attached hydrogens (tertiary/aromatic N) is 1. The number of rotatable bonds is 4. The van der Waals surface area contributed by atoms with Crippen molar-refractivity contribution in [3.63, 3.8) is 0 Å². The van der Waals surface area contributed by atoms with E-state index in [0.29, 0.717) is 0 Å². The molecule has 2 rings (SSSR count). The van der Waals surface area contributed by atoms with Gasteiger partial charge in [-0.05, 0) is 43.2 Å². The number of hydrogen-bond acceptors (Lipinski definition) is 2. The van der Waals surface area contributed by atoms with Crippen LogP contribution in [0.1, 0.15) is 11.1 Å². The van der Waals surface area contributed by atoms with Crippen LogP contribution >= 0.6 is 0 Å². The number of pyridine rings is 1. The summed E-state index contributed by atoms with van der Waals surface area (Å²) < 4.78 is 0. The maximum Gasteiger partial charge on any atom is 0.0340 e. The molecule has 0 amide bonds. The van der Waals surface area contributed by atoms with Crippen LogP contribution in [-0.2, 0) is 6.42 Å². The number of aromatic nitrogens is 1. The Morgan fingerprint density at radius 2 is 1.69 bits per heavy atom. The third kappa shape index (κ3) is 3.09. The fourth-order valence-corrected chi connectivity index (χ4v) is 1.57. The molecule has 0 fully saturated rings. The molecule has 1 aromatic heterocycles. The molecule has 2 nitrogen and oxygen atoms in total. The molecule has 16 heavy (non-hydrogen) atoms. The van der Waals surface area contributed by atoms with Crippen molar-refractivity contribution in [2.45, 2.75) is 13.3 Å². The molecule has 0 bridgehead atoms. The van der Waals surface area contributed by atoms with Gasteiger partial charge in [-0.3, -0.25) is 4.98 Å². The van der Waals surface area contributed by atoms with Gasteiger partial charge in [0.1, 0.15) is 0 Å². The van der Waals surface area contributed by atoms with Gasteiger partial charge in [-0.25, -0.2) is 0 Å². The smallest absolute Gasteiger partial charge is 0.0340 e. The Morgan fingerprint density at radius 3 is 2.38 bits per heavy atom. The number of anilines is 1. The van der Waals surface area contributed by atoms with Crippen molar-refractivity contribution in [1.82, 2.24) is 4.98 Å². The zero-order valence-corrected chi connectivity index (χ0v) is 9.48. The molecule has 0 unspecified atom stereocenters. The Bertz CT molecular complexity index is 420. The van der Waals surface area contributed by atoms with E-state index in [0.717, 1.165) is 13.0 Å². The van der Waals surface area contributed by atoms with Crippen molar-refractivity contribution >= 4 is 5.69 Å². The molecular weight excluding hydrogens is 196 g/mol. The van der Waals surface area contributed by atoms with Gasteiger partial charge >= 0.3 is 0 Å². The van der Waals surface area contributed by atoms with Crippen LogP contribution in [0.25, 0.3) is 0 Å². The molecule has 0 aliphatic carbocycles. The first kappa shape index (κ1) is 10.7. The van der Waals surface area contributed by atoms with Crippen LogP contribution in [-0.4, -0.2) is 11.5 Å². The van der Waals surface area contributed by atoms with E-state index >= 15 is 0 Å². The largest absolute Gasteiger partial charge is 0.385 e. The van der Waals surface area contributed by atoms with Gasteiger partial charge in [0.25, 0.3) is 0 Å². The number of aryl methyl sites for hydroxylation is 1. The average Bonchev–Trinajstić information content (AvgIpc) is 2.33. The first-order chi connectivity index (χ1) is 7.84. The van der Waals surface area contributed by atoms with Crippen molar-refractivity contribution < 1.29 is 0 Å². The Morgan fingerprint density at radius 1 is 1.00 bits per heavy atom. The van der Waals surface area contributed by atoms with E-state index in [4.69, 9.17) is 0 Å². The average molecular weight is 212 g/mol. The topological polar surface area (TPSA) is 24.9 Å². The highest BCUT2D eigenvalue weighted by Gasteiger charge is 1.93. The Labute approximate surface area is 96.4 Å². The Balaban J connectivity index is 1.82. The van der Waals surface area contributed by atoms with Gasteiger partial charge in [0.15, 0.2) is 0 Å². The van der Waals surface area contributed by atoms with Crippen molar-refractivity contribution in [3.05, 3.63) is 59.9 Å². The van der Waals surface area contributed by atoms with Crippen molar-refractivity contribution in [2.24, 2.45) is 0 Å². The summed E-state index contributed by atoms with van der Waals surface area (Å²) in [5, 5.41) is 3.40. The van der Waals surface area contributed by atoms with E-state index in [9.17, 15) is 0 Å². The summed E-state index contributed by atoms with van der Waals surface area (Å²) in [6.45, 7) is 3.05. The van der Waals surface area contributed by atoms with E-state index in [1.165, 1.54) is 16.8 Å². The highest BCUT2D eigenvalue weighted by molar-refractivity contribution is 5.44. The predicted molar refractivity (Wildman–Crippen MR) is 67.6 cm³/mol. The lowest BCUT2D eigenvalue weighted by Crippen LogP contribution is -2.04. The van der Waals surface area contributed by atoms with Crippen molar-refractivity contribution in [1.29, 1.82) is 0 Å². The molecule has 82 valence electrons. The highest BCUT2D eigenvalue weighted by atomic mass is 14.9. The van der Waals surface area contributed by atoms with E-state index < -0.39 is 0 Å². The summed E-state index contributed by atoms with van der Waals surface area (Å²) in [7, 11) is 0. The van der Waals surface area contributed by atoms with Crippen LogP contribution in [0.15, 0.2) is 48.8 Å². The summed E-state index contributed by atoms with van der Waals surface area (Å²) in [4.78, 5) is 4.00. The van der Waals surface area contributed by atoms with Gasteiger partial charge in [-0.15, -0.1) is 0 Å². The second-order valence-electron chi connectivity index (χ2n) is 3.90. The third-order valence-corrected chi connectivity index (χ3v) is 2.54. The molecule has 1 aromatic carbocycles. The van der Waals surface area contributed by atoms with Gasteiger partial charge < -0.3 is 5.32 Å². The summed E-state index contributed by atoms with van der Waals surface area (Å²) in [6, 6.07) is 12.6. The predicted octanol–water partition coefficient (Wildman–Crippen LogP) is 3.04. The zero-order chi connectivity index (χ0) is 11.2. The van der Waals surface area contributed by atoms with E-state index in [-0.39, 0.29) is 0 Å². The zero-order valence-electron chi connectivity index (χ0n) is 9.48. The SMILES string of the molecule is Cc1ccc(NCCc2ccncc2)cc1. The quantitative estimate of drug-likeness (QED) is 0.842. The molecule has 2 aromatic rings. The lowest BCUT2D eigenvalue weighted by atomic mass is 10.2. The minimum absolute atomic E-state index is 0.951. The summed E-state index contributed by atoms with van der Waals surface area (Å²) >= 11 is 0. The fraction of sp³-hybridized carbons (Fsp3) is 0.214. The van der Waals surface area contributed by atoms with Crippen molar-refractivity contribution in [2.75, 3.05) is 11.9 Å². The van der Waals surface area contributed by atoms with Gasteiger partial charge in [0.2, 0.25) is 0 Å². The van der Waals surface area contributed by atoms with E-state index in [2.05, 4.69) is 53.6 Å². The molecule has 1 N–H and O–H groups in total. The third-order valence-electron chi connectivity index (χ3n) is 2.54. The lowest BCUT2D eigenvalue weighted by molar-refractivity contribution is 1.01. The summed E-state index contributed by atoms with van der Waals surface area (Å²) in [5.41, 5.74) is 3.79. The maximum absolute atomic E-state index is 4.00. The Hall–Kier alpha value is -1.83. The lowest BCUT2D eigenvalue weighted by Gasteiger charge is -2.06. The standard InChI is InChI=1S/C14H16N2/c1-12-2-4-14(5-3-12)16-11-8-13-6-9-15-10-7-13/h2-7,9-10,16H,8,11H2,1H3. The second-order valence-corrected chi connectivity index (χ2v) is 3.90. The summed E-state index contributed by atoms with van der Waals surface area (Å²) in [5.74, 6) is 0. The van der Waals surface area contributed by atoms with Crippen LogP contribution in [0.4, 0.5) is 5.69 Å². The number of benzene rings is 1. The van der Waals surface area contributed by atoms with Crippen LogP contribution in [0.2, 0.25) is 0 Å². The molecular formula is C14H16N2. The monoisotopic (exact) mass is 212 g/mol. The first-order valence-electron chi connectivity index (χ1n) is 5.54. The van der Waals surface area contributed by atoms with Gasteiger partial charge in [0, 0.05) is 24.6 Å². The van der Waals surface area contributed by atoms with Gasteiger partial charge in [-0.2, -0.15) is 0 Å². The molecule has 0 aliphatic rings.